The van der Waals surface area contributed by atoms with Crippen molar-refractivity contribution in [3.8, 4) is 11.5 Å². The van der Waals surface area contributed by atoms with E-state index in [1.807, 2.05) is 35.0 Å². The molecule has 1 heterocycles. The van der Waals surface area contributed by atoms with E-state index >= 15 is 0 Å². The van der Waals surface area contributed by atoms with Gasteiger partial charge in [0.1, 0.15) is 0 Å². The summed E-state index contributed by atoms with van der Waals surface area (Å²) < 4.78 is 18.5. The van der Waals surface area contributed by atoms with E-state index in [0.29, 0.717) is 16.5 Å². The maximum absolute atomic E-state index is 6.48. The maximum Gasteiger partial charge on any atom is 0.192 e. The zero-order valence-electron chi connectivity index (χ0n) is 14.3. The number of halogens is 2. The SMILES string of the molecule is COc1ccccc1OCOC1(Cl)C=CC(CCn2ccnc2)C(Cl)=C1. The second-order valence-corrected chi connectivity index (χ2v) is 6.87. The van der Waals surface area contributed by atoms with E-state index in [2.05, 4.69) is 4.98 Å². The van der Waals surface area contributed by atoms with E-state index in [1.54, 1.807) is 37.9 Å². The van der Waals surface area contributed by atoms with Crippen molar-refractivity contribution < 1.29 is 14.2 Å². The number of para-hydroxylation sites is 2. The van der Waals surface area contributed by atoms with Crippen molar-refractivity contribution in [3.63, 3.8) is 0 Å². The van der Waals surface area contributed by atoms with Gasteiger partial charge in [0.15, 0.2) is 23.4 Å². The molecule has 0 aliphatic heterocycles. The van der Waals surface area contributed by atoms with Gasteiger partial charge in [0.25, 0.3) is 0 Å². The Bertz CT molecular complexity index is 777. The van der Waals surface area contributed by atoms with Crippen LogP contribution in [0.2, 0.25) is 0 Å². The molecule has 0 amide bonds. The van der Waals surface area contributed by atoms with Crippen LogP contribution in [-0.2, 0) is 11.3 Å². The fourth-order valence-corrected chi connectivity index (χ4v) is 3.27. The number of benzene rings is 1. The van der Waals surface area contributed by atoms with Crippen molar-refractivity contribution >= 4 is 23.2 Å². The first kappa shape index (κ1) is 18.8. The zero-order valence-corrected chi connectivity index (χ0v) is 15.9. The van der Waals surface area contributed by atoms with Gasteiger partial charge in [-0.05, 0) is 30.7 Å². The third kappa shape index (κ3) is 4.81. The Balaban J connectivity index is 1.53. The number of hydrogen-bond donors (Lipinski definition) is 0. The van der Waals surface area contributed by atoms with Crippen LogP contribution in [0, 0.1) is 5.92 Å². The minimum Gasteiger partial charge on any atom is -0.493 e. The second kappa shape index (κ2) is 8.62. The average molecular weight is 395 g/mol. The number of rotatable bonds is 8. The summed E-state index contributed by atoms with van der Waals surface area (Å²) in [6, 6.07) is 7.34. The highest BCUT2D eigenvalue weighted by molar-refractivity contribution is 6.32. The molecule has 1 aromatic carbocycles. The third-order valence-electron chi connectivity index (χ3n) is 4.07. The lowest BCUT2D eigenvalue weighted by molar-refractivity contribution is -0.0185. The molecule has 2 aromatic rings. The lowest BCUT2D eigenvalue weighted by atomic mass is 9.98. The third-order valence-corrected chi connectivity index (χ3v) is 4.80. The molecule has 26 heavy (non-hydrogen) atoms. The number of ether oxygens (including phenoxy) is 3. The lowest BCUT2D eigenvalue weighted by Crippen LogP contribution is -2.26. The molecule has 0 spiro atoms. The quantitative estimate of drug-likeness (QED) is 0.373. The van der Waals surface area contributed by atoms with Gasteiger partial charge < -0.3 is 18.8 Å². The molecular weight excluding hydrogens is 375 g/mol. The first-order valence-corrected chi connectivity index (χ1v) is 8.97. The minimum absolute atomic E-state index is 0.0331. The highest BCUT2D eigenvalue weighted by Crippen LogP contribution is 2.35. The first-order valence-electron chi connectivity index (χ1n) is 8.22. The molecule has 0 fully saturated rings. The van der Waals surface area contributed by atoms with Gasteiger partial charge in [-0.15, -0.1) is 0 Å². The number of methoxy groups -OCH3 is 1. The molecule has 0 bridgehead atoms. The van der Waals surface area contributed by atoms with Gasteiger partial charge in [-0.25, -0.2) is 4.98 Å². The van der Waals surface area contributed by atoms with Gasteiger partial charge in [0, 0.05) is 29.9 Å². The van der Waals surface area contributed by atoms with E-state index < -0.39 is 5.06 Å². The van der Waals surface area contributed by atoms with E-state index in [4.69, 9.17) is 37.4 Å². The normalized spacial score (nSPS) is 22.1. The number of allylic oxidation sites excluding steroid dienone is 2. The number of hydrogen-bond acceptors (Lipinski definition) is 4. The van der Waals surface area contributed by atoms with E-state index in [0.717, 1.165) is 13.0 Å². The molecule has 0 saturated heterocycles. The summed E-state index contributed by atoms with van der Waals surface area (Å²) in [5, 5.41) is -0.468. The van der Waals surface area contributed by atoms with Gasteiger partial charge in [-0.2, -0.15) is 0 Å². The van der Waals surface area contributed by atoms with Gasteiger partial charge in [-0.3, -0.25) is 0 Å². The molecule has 2 atom stereocenters. The molecule has 7 heteroatoms. The molecule has 1 aliphatic carbocycles. The van der Waals surface area contributed by atoms with Crippen LogP contribution in [0.15, 0.2) is 66.2 Å². The summed E-state index contributed by atoms with van der Waals surface area (Å²) in [6.07, 6.45) is 11.8. The largest absolute Gasteiger partial charge is 0.493 e. The summed E-state index contributed by atoms with van der Waals surface area (Å²) in [5.74, 6) is 1.32. The van der Waals surface area contributed by atoms with Crippen LogP contribution in [0.5, 0.6) is 11.5 Å². The summed E-state index contributed by atoms with van der Waals surface area (Å²) in [6.45, 7) is 0.792. The Morgan fingerprint density at radius 2 is 2.08 bits per heavy atom. The summed E-state index contributed by atoms with van der Waals surface area (Å²) in [4.78, 5) is 4.03. The molecule has 138 valence electrons. The summed E-state index contributed by atoms with van der Waals surface area (Å²) in [5.41, 5.74) is 0. The van der Waals surface area contributed by atoms with Crippen LogP contribution < -0.4 is 9.47 Å². The molecule has 1 aliphatic rings. The predicted octanol–water partition coefficient (Wildman–Crippen LogP) is 4.58. The Labute approximate surface area is 162 Å². The highest BCUT2D eigenvalue weighted by atomic mass is 35.5. The van der Waals surface area contributed by atoms with Crippen molar-refractivity contribution in [2.45, 2.75) is 18.0 Å². The van der Waals surface area contributed by atoms with Crippen LogP contribution in [0.1, 0.15) is 6.42 Å². The summed E-state index contributed by atoms with van der Waals surface area (Å²) in [7, 11) is 1.59. The van der Waals surface area contributed by atoms with Crippen LogP contribution in [0.25, 0.3) is 0 Å². The van der Waals surface area contributed by atoms with E-state index in [-0.39, 0.29) is 12.7 Å². The lowest BCUT2D eigenvalue weighted by Gasteiger charge is -2.27. The fourth-order valence-electron chi connectivity index (χ4n) is 2.63. The molecule has 0 saturated carbocycles. The van der Waals surface area contributed by atoms with Gasteiger partial charge in [-0.1, -0.05) is 41.4 Å². The second-order valence-electron chi connectivity index (χ2n) is 5.84. The van der Waals surface area contributed by atoms with Crippen molar-refractivity contribution in [1.82, 2.24) is 9.55 Å². The van der Waals surface area contributed by atoms with E-state index in [9.17, 15) is 0 Å². The molecule has 0 N–H and O–H groups in total. The van der Waals surface area contributed by atoms with Crippen LogP contribution in [-0.4, -0.2) is 28.5 Å². The number of nitrogens with zero attached hydrogens (tertiary/aromatic N) is 2. The minimum atomic E-state index is -1.12. The molecule has 2 unspecified atom stereocenters. The Hall–Kier alpha value is -1.95. The molecule has 5 nitrogen and oxygen atoms in total. The zero-order chi connectivity index (χ0) is 18.4. The van der Waals surface area contributed by atoms with Gasteiger partial charge in [0.2, 0.25) is 0 Å². The van der Waals surface area contributed by atoms with Crippen molar-refractivity contribution in [2.75, 3.05) is 13.9 Å². The molecule has 1 aromatic heterocycles. The van der Waals surface area contributed by atoms with Crippen LogP contribution >= 0.6 is 23.2 Å². The number of aromatic nitrogens is 2. The first-order chi connectivity index (χ1) is 12.6. The Morgan fingerprint density at radius 1 is 1.27 bits per heavy atom. The highest BCUT2D eigenvalue weighted by Gasteiger charge is 2.29. The standard InChI is InChI=1S/C19H20Cl2N2O3/c1-24-17-4-2-3-5-18(17)25-14-26-19(21)8-6-15(16(20)12-19)7-10-23-11-9-22-13-23/h2-6,8-9,11-13,15H,7,10,14H2,1H3. The van der Waals surface area contributed by atoms with Crippen molar-refractivity contribution in [3.05, 3.63) is 66.2 Å². The molecule has 0 radical (unpaired) electrons. The Morgan fingerprint density at radius 3 is 2.77 bits per heavy atom. The number of alkyl halides is 1. The number of aryl methyl sites for hydroxylation is 1. The smallest absolute Gasteiger partial charge is 0.192 e. The predicted molar refractivity (Wildman–Crippen MR) is 102 cm³/mol. The average Bonchev–Trinajstić information content (AvgIpc) is 3.15. The fraction of sp³-hybridized carbons (Fsp3) is 0.316. The number of imidazole rings is 1. The van der Waals surface area contributed by atoms with Crippen molar-refractivity contribution in [1.29, 1.82) is 0 Å². The van der Waals surface area contributed by atoms with Gasteiger partial charge >= 0.3 is 0 Å². The molecule has 3 rings (SSSR count). The molecular formula is C19H20Cl2N2O3. The van der Waals surface area contributed by atoms with E-state index in [1.165, 1.54) is 0 Å². The van der Waals surface area contributed by atoms with Gasteiger partial charge in [0.05, 0.1) is 13.4 Å². The maximum atomic E-state index is 6.48. The van der Waals surface area contributed by atoms with Crippen LogP contribution in [0.3, 0.4) is 0 Å². The van der Waals surface area contributed by atoms with Crippen molar-refractivity contribution in [2.24, 2.45) is 5.92 Å². The summed E-state index contributed by atoms with van der Waals surface area (Å²) >= 11 is 12.9. The van der Waals surface area contributed by atoms with Crippen LogP contribution in [0.4, 0.5) is 0 Å². The topological polar surface area (TPSA) is 45.5 Å². The monoisotopic (exact) mass is 394 g/mol. The Kier molecular flexibility index (Phi) is 6.25.